The first-order valence-corrected chi connectivity index (χ1v) is 5.27. The van der Waals surface area contributed by atoms with Crippen molar-refractivity contribution in [2.24, 2.45) is 0 Å². The summed E-state index contributed by atoms with van der Waals surface area (Å²) >= 11 is 0. The molecule has 0 fully saturated rings. The first kappa shape index (κ1) is 11.3. The van der Waals surface area contributed by atoms with Gasteiger partial charge in [0.2, 0.25) is 0 Å². The van der Waals surface area contributed by atoms with Crippen molar-refractivity contribution in [3.63, 3.8) is 0 Å². The average molecular weight is 228 g/mol. The second-order valence-corrected chi connectivity index (χ2v) is 3.73. The second kappa shape index (κ2) is 4.74. The molecule has 2 rings (SSSR count). The van der Waals surface area contributed by atoms with Crippen molar-refractivity contribution >= 4 is 5.97 Å². The Morgan fingerprint density at radius 2 is 1.94 bits per heavy atom. The maximum absolute atomic E-state index is 10.7. The number of hydrogen-bond donors (Lipinski definition) is 1. The third-order valence-electron chi connectivity index (χ3n) is 2.29. The highest BCUT2D eigenvalue weighted by Gasteiger charge is 2.07. The number of aliphatic carboxylic acids is 1. The van der Waals surface area contributed by atoms with Crippen molar-refractivity contribution in [3.8, 4) is 11.3 Å². The molecule has 0 unspecified atom stereocenters. The molecule has 1 heterocycles. The number of rotatable bonds is 3. The maximum Gasteiger partial charge on any atom is 0.309 e. The summed E-state index contributed by atoms with van der Waals surface area (Å²) in [6, 6.07) is 11.4. The van der Waals surface area contributed by atoms with Gasteiger partial charge in [-0.2, -0.15) is 0 Å². The normalized spacial score (nSPS) is 10.2. The van der Waals surface area contributed by atoms with Gasteiger partial charge < -0.3 is 5.11 Å². The molecule has 0 saturated heterocycles. The van der Waals surface area contributed by atoms with Crippen molar-refractivity contribution < 1.29 is 9.90 Å². The molecule has 0 amide bonds. The number of carboxylic acids is 1. The Morgan fingerprint density at radius 3 is 2.59 bits per heavy atom. The summed E-state index contributed by atoms with van der Waals surface area (Å²) in [7, 11) is 0. The summed E-state index contributed by atoms with van der Waals surface area (Å²) in [6.07, 6.45) is -0.0802. The highest BCUT2D eigenvalue weighted by atomic mass is 16.4. The molecule has 0 spiro atoms. The lowest BCUT2D eigenvalue weighted by atomic mass is 10.1. The van der Waals surface area contributed by atoms with E-state index >= 15 is 0 Å². The predicted molar refractivity (Wildman–Crippen MR) is 63.5 cm³/mol. The van der Waals surface area contributed by atoms with E-state index in [0.717, 1.165) is 11.3 Å². The van der Waals surface area contributed by atoms with Gasteiger partial charge >= 0.3 is 5.97 Å². The Morgan fingerprint density at radius 1 is 1.24 bits per heavy atom. The molecule has 4 heteroatoms. The van der Waals surface area contributed by atoms with E-state index in [4.69, 9.17) is 5.11 Å². The summed E-state index contributed by atoms with van der Waals surface area (Å²) in [5.74, 6) is -0.301. The Bertz CT molecular complexity index is 538. The van der Waals surface area contributed by atoms with E-state index in [1.165, 1.54) is 0 Å². The van der Waals surface area contributed by atoms with Gasteiger partial charge in [0.05, 0.1) is 17.8 Å². The van der Waals surface area contributed by atoms with Crippen LogP contribution in [0.3, 0.4) is 0 Å². The van der Waals surface area contributed by atoms with Gasteiger partial charge in [-0.3, -0.25) is 4.79 Å². The zero-order chi connectivity index (χ0) is 12.3. The number of benzene rings is 1. The van der Waals surface area contributed by atoms with E-state index < -0.39 is 5.97 Å². The van der Waals surface area contributed by atoms with Crippen LogP contribution in [0.4, 0.5) is 0 Å². The molecular weight excluding hydrogens is 216 g/mol. The fraction of sp³-hybridized carbons (Fsp3) is 0.154. The van der Waals surface area contributed by atoms with Crippen molar-refractivity contribution in [2.45, 2.75) is 13.3 Å². The van der Waals surface area contributed by atoms with Gasteiger partial charge in [0, 0.05) is 5.56 Å². The first-order chi connectivity index (χ1) is 8.15. The topological polar surface area (TPSA) is 63.1 Å². The molecule has 0 aliphatic heterocycles. The van der Waals surface area contributed by atoms with E-state index in [1.54, 1.807) is 13.0 Å². The number of aromatic nitrogens is 2. The Balaban J connectivity index is 2.42. The fourth-order valence-electron chi connectivity index (χ4n) is 1.63. The van der Waals surface area contributed by atoms with E-state index in [-0.39, 0.29) is 6.42 Å². The van der Waals surface area contributed by atoms with Crippen molar-refractivity contribution in [3.05, 3.63) is 47.9 Å². The van der Waals surface area contributed by atoms with Gasteiger partial charge in [-0.1, -0.05) is 30.3 Å². The lowest BCUT2D eigenvalue weighted by Gasteiger charge is -2.04. The van der Waals surface area contributed by atoms with Crippen LogP contribution in [0.5, 0.6) is 0 Å². The number of hydrogen-bond acceptors (Lipinski definition) is 3. The quantitative estimate of drug-likeness (QED) is 0.873. The summed E-state index contributed by atoms with van der Waals surface area (Å²) in [6.45, 7) is 1.76. The van der Waals surface area contributed by atoms with Crippen LogP contribution < -0.4 is 0 Å². The molecule has 0 aliphatic carbocycles. The third kappa shape index (κ3) is 2.87. The molecule has 0 saturated carbocycles. The summed E-state index contributed by atoms with van der Waals surface area (Å²) in [4.78, 5) is 19.1. The summed E-state index contributed by atoms with van der Waals surface area (Å²) in [5.41, 5.74) is 2.25. The van der Waals surface area contributed by atoms with Gasteiger partial charge in [-0.25, -0.2) is 9.97 Å². The molecule has 1 aromatic heterocycles. The van der Waals surface area contributed by atoms with Crippen LogP contribution in [0.2, 0.25) is 0 Å². The minimum absolute atomic E-state index is 0.0802. The van der Waals surface area contributed by atoms with Crippen LogP contribution in [0.15, 0.2) is 36.4 Å². The highest BCUT2D eigenvalue weighted by molar-refractivity contribution is 5.70. The van der Waals surface area contributed by atoms with Gasteiger partial charge in [-0.05, 0) is 13.0 Å². The van der Waals surface area contributed by atoms with Crippen LogP contribution in [0.25, 0.3) is 11.3 Å². The molecule has 0 atom stereocenters. The van der Waals surface area contributed by atoms with Gasteiger partial charge in [0.1, 0.15) is 5.82 Å². The highest BCUT2D eigenvalue weighted by Crippen LogP contribution is 2.17. The molecule has 0 radical (unpaired) electrons. The van der Waals surface area contributed by atoms with Crippen molar-refractivity contribution in [1.82, 2.24) is 9.97 Å². The lowest BCUT2D eigenvalue weighted by Crippen LogP contribution is -2.05. The molecule has 0 aliphatic rings. The molecule has 4 nitrogen and oxygen atoms in total. The van der Waals surface area contributed by atoms with Gasteiger partial charge in [0.25, 0.3) is 0 Å². The number of nitrogens with zero attached hydrogens (tertiary/aromatic N) is 2. The Hall–Kier alpha value is -2.23. The van der Waals surface area contributed by atoms with E-state index in [9.17, 15) is 4.79 Å². The van der Waals surface area contributed by atoms with E-state index in [0.29, 0.717) is 11.5 Å². The van der Waals surface area contributed by atoms with Crippen LogP contribution in [-0.4, -0.2) is 21.0 Å². The number of carbonyl (C=O) groups is 1. The SMILES string of the molecule is Cc1nc(CC(=O)O)cc(-c2ccccc2)n1. The van der Waals surface area contributed by atoms with Crippen LogP contribution in [-0.2, 0) is 11.2 Å². The first-order valence-electron chi connectivity index (χ1n) is 5.27. The molecule has 1 N–H and O–H groups in total. The zero-order valence-electron chi connectivity index (χ0n) is 9.42. The summed E-state index contributed by atoms with van der Waals surface area (Å²) < 4.78 is 0. The number of carboxylic acid groups (broad SMARTS) is 1. The Labute approximate surface area is 99.0 Å². The smallest absolute Gasteiger partial charge is 0.309 e. The molecule has 86 valence electrons. The monoisotopic (exact) mass is 228 g/mol. The van der Waals surface area contributed by atoms with Gasteiger partial charge in [-0.15, -0.1) is 0 Å². The molecule has 2 aromatic rings. The minimum Gasteiger partial charge on any atom is -0.481 e. The molecule has 0 bridgehead atoms. The maximum atomic E-state index is 10.7. The van der Waals surface area contributed by atoms with E-state index in [2.05, 4.69) is 9.97 Å². The lowest BCUT2D eigenvalue weighted by molar-refractivity contribution is -0.136. The van der Waals surface area contributed by atoms with E-state index in [1.807, 2.05) is 30.3 Å². The van der Waals surface area contributed by atoms with Crippen molar-refractivity contribution in [2.75, 3.05) is 0 Å². The Kier molecular flexibility index (Phi) is 3.14. The van der Waals surface area contributed by atoms with Crippen LogP contribution >= 0.6 is 0 Å². The molecule has 1 aromatic carbocycles. The predicted octanol–water partition coefficient (Wildman–Crippen LogP) is 2.08. The standard InChI is InChI=1S/C13H12N2O2/c1-9-14-11(8-13(16)17)7-12(15-9)10-5-3-2-4-6-10/h2-7H,8H2,1H3,(H,16,17). The molecule has 17 heavy (non-hydrogen) atoms. The van der Waals surface area contributed by atoms with Gasteiger partial charge in [0.15, 0.2) is 0 Å². The fourth-order valence-corrected chi connectivity index (χ4v) is 1.63. The zero-order valence-corrected chi connectivity index (χ0v) is 9.42. The average Bonchev–Trinajstić information content (AvgIpc) is 2.28. The van der Waals surface area contributed by atoms with Crippen LogP contribution in [0, 0.1) is 6.92 Å². The molecular formula is C13H12N2O2. The number of aryl methyl sites for hydroxylation is 1. The third-order valence-corrected chi connectivity index (χ3v) is 2.29. The van der Waals surface area contributed by atoms with Crippen LogP contribution in [0.1, 0.15) is 11.5 Å². The summed E-state index contributed by atoms with van der Waals surface area (Å²) in [5, 5.41) is 8.76. The minimum atomic E-state index is -0.887. The second-order valence-electron chi connectivity index (χ2n) is 3.73. The van der Waals surface area contributed by atoms with Crippen molar-refractivity contribution in [1.29, 1.82) is 0 Å². The largest absolute Gasteiger partial charge is 0.481 e.